The molecule has 0 amide bonds. The van der Waals surface area contributed by atoms with Gasteiger partial charge in [-0.3, -0.25) is 0 Å². The molecule has 0 heterocycles. The molecule has 162 valence electrons. The number of aromatic hydroxyl groups is 1. The van der Waals surface area contributed by atoms with Gasteiger partial charge in [-0.2, -0.15) is 0 Å². The van der Waals surface area contributed by atoms with Crippen molar-refractivity contribution in [2.24, 2.45) is 0 Å². The molecule has 0 atom stereocenters. The Hall–Kier alpha value is -2.06. The van der Waals surface area contributed by atoms with Gasteiger partial charge in [0.25, 0.3) is 0 Å². The second kappa shape index (κ2) is 9.39. The third-order valence-corrected chi connectivity index (χ3v) is 7.32. The van der Waals surface area contributed by atoms with Crippen LogP contribution in [0.1, 0.15) is 93.0 Å². The van der Waals surface area contributed by atoms with Gasteiger partial charge in [0.1, 0.15) is 5.75 Å². The molecule has 30 heavy (non-hydrogen) atoms. The molecular formula is C28H38O2. The molecule has 1 saturated carbocycles. The summed E-state index contributed by atoms with van der Waals surface area (Å²) in [5.74, 6) is 0.355. The van der Waals surface area contributed by atoms with Crippen LogP contribution in [0.15, 0.2) is 42.5 Å². The summed E-state index contributed by atoms with van der Waals surface area (Å²) < 4.78 is 0. The Morgan fingerprint density at radius 3 is 1.97 bits per heavy atom. The molecule has 2 nitrogen and oxygen atoms in total. The zero-order valence-electron chi connectivity index (χ0n) is 19.2. The summed E-state index contributed by atoms with van der Waals surface area (Å²) in [6.07, 6.45) is 12.6. The van der Waals surface area contributed by atoms with Crippen LogP contribution in [0.4, 0.5) is 0 Å². The number of hydrogen-bond acceptors (Lipinski definition) is 2. The molecule has 0 radical (unpaired) electrons. The van der Waals surface area contributed by atoms with E-state index in [1.54, 1.807) is 0 Å². The molecule has 2 heteroatoms. The highest BCUT2D eigenvalue weighted by Crippen LogP contribution is 2.41. The maximum absolute atomic E-state index is 11.0. The van der Waals surface area contributed by atoms with Gasteiger partial charge in [0, 0.05) is 5.41 Å². The first kappa shape index (κ1) is 22.6. The quantitative estimate of drug-likeness (QED) is 0.497. The number of aryl methyl sites for hydroxylation is 2. The summed E-state index contributed by atoms with van der Waals surface area (Å²) in [6, 6.07) is 12.8. The van der Waals surface area contributed by atoms with Gasteiger partial charge in [-0.05, 0) is 73.4 Å². The van der Waals surface area contributed by atoms with Gasteiger partial charge >= 0.3 is 0 Å². The van der Waals surface area contributed by atoms with E-state index in [1.807, 2.05) is 19.1 Å². The lowest BCUT2D eigenvalue weighted by Gasteiger charge is -2.34. The standard InChI is InChI=1S/C28H38O2/c1-5-28(6-2,25-13-14-26(29)22(4)20-25)24-12-11-23(21(3)19-24)15-18-27(30)16-9-7-8-10-17-27/h11-15,18-20,29-30H,5-10,16-17H2,1-4H3. The molecule has 1 aliphatic rings. The minimum Gasteiger partial charge on any atom is -0.508 e. The Morgan fingerprint density at radius 1 is 0.867 bits per heavy atom. The number of phenolic OH excluding ortho intramolecular Hbond substituents is 1. The molecule has 0 aliphatic heterocycles. The average Bonchev–Trinajstić information content (AvgIpc) is 2.96. The molecule has 3 rings (SSSR count). The first-order chi connectivity index (χ1) is 14.3. The highest BCUT2D eigenvalue weighted by Gasteiger charge is 2.31. The average molecular weight is 407 g/mol. The van der Waals surface area contributed by atoms with Gasteiger partial charge in [-0.1, -0.05) is 82.0 Å². The van der Waals surface area contributed by atoms with E-state index in [1.165, 1.54) is 35.1 Å². The van der Waals surface area contributed by atoms with Gasteiger partial charge in [0.05, 0.1) is 5.60 Å². The highest BCUT2D eigenvalue weighted by molar-refractivity contribution is 5.57. The summed E-state index contributed by atoms with van der Waals surface area (Å²) in [7, 11) is 0. The SMILES string of the molecule is CCC(CC)(c1ccc(O)c(C)c1)c1ccc(C=CC2(O)CCCCCC2)c(C)c1. The van der Waals surface area contributed by atoms with Crippen LogP contribution in [0, 0.1) is 13.8 Å². The molecule has 1 aliphatic carbocycles. The van der Waals surface area contributed by atoms with E-state index in [4.69, 9.17) is 0 Å². The van der Waals surface area contributed by atoms with Crippen LogP contribution in [0.3, 0.4) is 0 Å². The fraction of sp³-hybridized carbons (Fsp3) is 0.500. The predicted molar refractivity (Wildman–Crippen MR) is 127 cm³/mol. The topological polar surface area (TPSA) is 40.5 Å². The maximum Gasteiger partial charge on any atom is 0.118 e. The smallest absolute Gasteiger partial charge is 0.118 e. The zero-order chi connectivity index (χ0) is 21.8. The van der Waals surface area contributed by atoms with E-state index in [9.17, 15) is 10.2 Å². The number of benzene rings is 2. The first-order valence-electron chi connectivity index (χ1n) is 11.7. The van der Waals surface area contributed by atoms with E-state index in [0.29, 0.717) is 5.75 Å². The molecule has 0 unspecified atom stereocenters. The Balaban J connectivity index is 1.93. The lowest BCUT2D eigenvalue weighted by molar-refractivity contribution is 0.0755. The van der Waals surface area contributed by atoms with Crippen LogP contribution < -0.4 is 0 Å². The molecule has 2 N–H and O–H groups in total. The molecule has 0 aromatic heterocycles. The summed E-state index contributed by atoms with van der Waals surface area (Å²) in [5, 5.41) is 20.9. The van der Waals surface area contributed by atoms with E-state index in [-0.39, 0.29) is 5.41 Å². The van der Waals surface area contributed by atoms with Crippen molar-refractivity contribution in [2.75, 3.05) is 0 Å². The van der Waals surface area contributed by atoms with Crippen LogP contribution in [0.25, 0.3) is 6.08 Å². The third kappa shape index (κ3) is 4.64. The summed E-state index contributed by atoms with van der Waals surface area (Å²) in [4.78, 5) is 0. The monoisotopic (exact) mass is 406 g/mol. The number of rotatable bonds is 6. The van der Waals surface area contributed by atoms with Crippen molar-refractivity contribution < 1.29 is 10.2 Å². The largest absolute Gasteiger partial charge is 0.508 e. The summed E-state index contributed by atoms with van der Waals surface area (Å²) >= 11 is 0. The lowest BCUT2D eigenvalue weighted by Crippen LogP contribution is -2.26. The lowest BCUT2D eigenvalue weighted by atomic mass is 9.70. The van der Waals surface area contributed by atoms with Gasteiger partial charge in [0.15, 0.2) is 0 Å². The molecule has 2 aromatic carbocycles. The van der Waals surface area contributed by atoms with Crippen LogP contribution in [-0.4, -0.2) is 15.8 Å². The van der Waals surface area contributed by atoms with E-state index in [2.05, 4.69) is 57.2 Å². The number of phenols is 1. The van der Waals surface area contributed by atoms with Crippen molar-refractivity contribution in [3.8, 4) is 5.75 Å². The van der Waals surface area contributed by atoms with E-state index >= 15 is 0 Å². The zero-order valence-corrected chi connectivity index (χ0v) is 19.2. The van der Waals surface area contributed by atoms with E-state index < -0.39 is 5.60 Å². The number of hydrogen-bond donors (Lipinski definition) is 2. The number of aliphatic hydroxyl groups is 1. The fourth-order valence-corrected chi connectivity index (χ4v) is 5.10. The fourth-order valence-electron chi connectivity index (χ4n) is 5.10. The van der Waals surface area contributed by atoms with Crippen molar-refractivity contribution >= 4 is 6.08 Å². The molecule has 1 fully saturated rings. The van der Waals surface area contributed by atoms with Crippen molar-refractivity contribution in [1.82, 2.24) is 0 Å². The molecular weight excluding hydrogens is 368 g/mol. The summed E-state index contributed by atoms with van der Waals surface area (Å²) in [6.45, 7) is 8.62. The van der Waals surface area contributed by atoms with Crippen LogP contribution in [0.2, 0.25) is 0 Å². The normalized spacial score (nSPS) is 17.2. The third-order valence-electron chi connectivity index (χ3n) is 7.32. The first-order valence-corrected chi connectivity index (χ1v) is 11.7. The Morgan fingerprint density at radius 2 is 1.43 bits per heavy atom. The molecule has 2 aromatic rings. The van der Waals surface area contributed by atoms with E-state index in [0.717, 1.165) is 44.1 Å². The highest BCUT2D eigenvalue weighted by atomic mass is 16.3. The molecule has 0 saturated heterocycles. The van der Waals surface area contributed by atoms with Gasteiger partial charge in [-0.15, -0.1) is 0 Å². The predicted octanol–water partition coefficient (Wildman–Crippen LogP) is 7.21. The van der Waals surface area contributed by atoms with Gasteiger partial charge < -0.3 is 10.2 Å². The van der Waals surface area contributed by atoms with Crippen LogP contribution in [0.5, 0.6) is 5.75 Å². The van der Waals surface area contributed by atoms with Gasteiger partial charge in [0.2, 0.25) is 0 Å². The minimum atomic E-state index is -0.651. The Labute approximate surface area is 182 Å². The molecule has 0 bridgehead atoms. The van der Waals surface area contributed by atoms with Gasteiger partial charge in [-0.25, -0.2) is 0 Å². The second-order valence-electron chi connectivity index (χ2n) is 9.21. The van der Waals surface area contributed by atoms with Crippen LogP contribution >= 0.6 is 0 Å². The molecule has 0 spiro atoms. The van der Waals surface area contributed by atoms with Crippen molar-refractivity contribution in [2.45, 2.75) is 90.1 Å². The van der Waals surface area contributed by atoms with Crippen molar-refractivity contribution in [3.05, 3.63) is 70.3 Å². The maximum atomic E-state index is 11.0. The Kier molecular flexibility index (Phi) is 7.08. The Bertz CT molecular complexity index is 882. The minimum absolute atomic E-state index is 0.0645. The van der Waals surface area contributed by atoms with Crippen molar-refractivity contribution in [3.63, 3.8) is 0 Å². The van der Waals surface area contributed by atoms with Crippen molar-refractivity contribution in [1.29, 1.82) is 0 Å². The van der Waals surface area contributed by atoms with Crippen LogP contribution in [-0.2, 0) is 5.41 Å². The summed E-state index contributed by atoms with van der Waals surface area (Å²) in [5.41, 5.74) is 5.21. The second-order valence-corrected chi connectivity index (χ2v) is 9.21.